The van der Waals surface area contributed by atoms with Gasteiger partial charge in [-0.15, -0.1) is 13.2 Å². The third-order valence-corrected chi connectivity index (χ3v) is 8.37. The van der Waals surface area contributed by atoms with Gasteiger partial charge in [0.25, 0.3) is 5.91 Å². The smallest absolute Gasteiger partial charge is 0.394 e. The number of allylic oxidation sites excluding steroid dienone is 1. The minimum Gasteiger partial charge on any atom is -0.394 e. The first-order valence-electron chi connectivity index (χ1n) is 13.2. The quantitative estimate of drug-likeness (QED) is 0.384. The van der Waals surface area contributed by atoms with Crippen molar-refractivity contribution in [2.24, 2.45) is 22.5 Å². The number of halogens is 3. The highest BCUT2D eigenvalue weighted by Crippen LogP contribution is 2.55. The van der Waals surface area contributed by atoms with E-state index in [0.717, 1.165) is 12.8 Å². The van der Waals surface area contributed by atoms with Gasteiger partial charge in [-0.25, -0.2) is 0 Å². The molecule has 2 saturated carbocycles. The van der Waals surface area contributed by atoms with Crippen molar-refractivity contribution in [1.82, 2.24) is 15.5 Å². The van der Waals surface area contributed by atoms with Crippen LogP contribution < -0.4 is 16.4 Å². The maximum atomic E-state index is 13.5. The summed E-state index contributed by atoms with van der Waals surface area (Å²) in [7, 11) is 0. The number of ether oxygens (including phenoxy) is 1. The number of hydrogen-bond acceptors (Lipinski definition) is 7. The highest BCUT2D eigenvalue weighted by molar-refractivity contribution is 6.06. The lowest BCUT2D eigenvalue weighted by atomic mass is 9.74. The topological polar surface area (TPSA) is 148 Å². The van der Waals surface area contributed by atoms with Gasteiger partial charge in [0.2, 0.25) is 11.8 Å². The fourth-order valence-electron chi connectivity index (χ4n) is 5.79. The van der Waals surface area contributed by atoms with Crippen molar-refractivity contribution in [2.75, 3.05) is 19.7 Å². The monoisotopic (exact) mass is 556 g/mol. The molecule has 4 rings (SSSR count). The number of ketones is 2. The van der Waals surface area contributed by atoms with E-state index in [0.29, 0.717) is 32.2 Å². The molecule has 2 saturated heterocycles. The van der Waals surface area contributed by atoms with Crippen LogP contribution in [0.25, 0.3) is 0 Å². The summed E-state index contributed by atoms with van der Waals surface area (Å²) in [6.07, 6.45) is -1.74. The van der Waals surface area contributed by atoms with E-state index < -0.39 is 48.6 Å². The Kier molecular flexibility index (Phi) is 7.85. The third kappa shape index (κ3) is 6.79. The summed E-state index contributed by atoms with van der Waals surface area (Å²) < 4.78 is 41.4. The van der Waals surface area contributed by atoms with Crippen LogP contribution in [0.2, 0.25) is 0 Å². The second kappa shape index (κ2) is 10.5. The first-order valence-corrected chi connectivity index (χ1v) is 13.2. The molecule has 13 heteroatoms. The van der Waals surface area contributed by atoms with Crippen LogP contribution in [-0.4, -0.2) is 72.3 Å². The molecule has 2 heterocycles. The van der Waals surface area contributed by atoms with E-state index >= 15 is 0 Å². The van der Waals surface area contributed by atoms with E-state index in [2.05, 4.69) is 15.4 Å². The molecule has 0 unspecified atom stereocenters. The second-order valence-electron chi connectivity index (χ2n) is 12.1. The van der Waals surface area contributed by atoms with Gasteiger partial charge in [-0.05, 0) is 55.8 Å². The molecule has 2 aliphatic heterocycles. The molecule has 10 nitrogen and oxygen atoms in total. The zero-order valence-corrected chi connectivity index (χ0v) is 22.1. The Morgan fingerprint density at radius 2 is 1.90 bits per heavy atom. The Morgan fingerprint density at radius 1 is 1.21 bits per heavy atom. The van der Waals surface area contributed by atoms with Crippen molar-refractivity contribution in [3.8, 4) is 0 Å². The predicted molar refractivity (Wildman–Crippen MR) is 130 cm³/mol. The molecule has 3 amide bonds. The molecule has 3 atom stereocenters. The number of rotatable bonds is 8. The van der Waals surface area contributed by atoms with E-state index in [9.17, 15) is 37.1 Å². The van der Waals surface area contributed by atoms with Crippen molar-refractivity contribution in [2.45, 2.75) is 83.7 Å². The number of hydrogen-bond donors (Lipinski definition) is 3. The molecule has 4 aliphatic rings. The Hall–Kier alpha value is -2.96. The third-order valence-electron chi connectivity index (χ3n) is 8.37. The predicted octanol–water partition coefficient (Wildman–Crippen LogP) is 1.48. The average molecular weight is 557 g/mol. The summed E-state index contributed by atoms with van der Waals surface area (Å²) in [5.74, 6) is -3.61. The van der Waals surface area contributed by atoms with Gasteiger partial charge in [-0.2, -0.15) is 0 Å². The molecule has 0 bridgehead atoms. The maximum Gasteiger partial charge on any atom is 0.522 e. The van der Waals surface area contributed by atoms with Crippen molar-refractivity contribution in [3.63, 3.8) is 0 Å². The Bertz CT molecular complexity index is 1100. The minimum atomic E-state index is -5.04. The SMILES string of the molecule is CC1(C)CCC(=O)C(=C(N)C(=O)N2CC3(CC3)C[C@H]2C(=O)N[C@@H](C[C@@H]2CCNC2=O)C(=O)COC(F)(F)F)C1. The van der Waals surface area contributed by atoms with Crippen LogP contribution in [0.3, 0.4) is 0 Å². The number of amides is 3. The van der Waals surface area contributed by atoms with Crippen molar-refractivity contribution in [3.05, 3.63) is 11.3 Å². The minimum absolute atomic E-state index is 0.195. The molecule has 0 aromatic rings. The summed E-state index contributed by atoms with van der Waals surface area (Å²) in [6.45, 7) is 3.24. The average Bonchev–Trinajstić information content (AvgIpc) is 3.31. The van der Waals surface area contributed by atoms with E-state index in [4.69, 9.17) is 5.73 Å². The van der Waals surface area contributed by atoms with E-state index in [1.165, 1.54) is 4.90 Å². The van der Waals surface area contributed by atoms with Crippen molar-refractivity contribution in [1.29, 1.82) is 0 Å². The molecular formula is C26H35F3N4O6. The zero-order valence-electron chi connectivity index (χ0n) is 22.1. The highest BCUT2D eigenvalue weighted by Gasteiger charge is 2.56. The van der Waals surface area contributed by atoms with E-state index in [-0.39, 0.29) is 53.2 Å². The fourth-order valence-corrected chi connectivity index (χ4v) is 5.79. The van der Waals surface area contributed by atoms with Gasteiger partial charge in [-0.1, -0.05) is 13.8 Å². The molecule has 216 valence electrons. The number of alkyl halides is 3. The molecule has 2 aliphatic carbocycles. The zero-order chi connectivity index (χ0) is 28.8. The summed E-state index contributed by atoms with van der Waals surface area (Å²) in [6, 6.07) is -2.44. The summed E-state index contributed by atoms with van der Waals surface area (Å²) in [5, 5.41) is 5.10. The lowest BCUT2D eigenvalue weighted by molar-refractivity contribution is -0.321. The number of nitrogens with one attached hydrogen (secondary N) is 2. The van der Waals surface area contributed by atoms with Crippen LogP contribution in [0.15, 0.2) is 11.3 Å². The summed E-state index contributed by atoms with van der Waals surface area (Å²) in [5.41, 5.74) is 5.78. The lowest BCUT2D eigenvalue weighted by Crippen LogP contribution is -2.53. The Morgan fingerprint density at radius 3 is 2.49 bits per heavy atom. The molecule has 4 fully saturated rings. The molecule has 4 N–H and O–H groups in total. The van der Waals surface area contributed by atoms with Gasteiger partial charge in [0, 0.05) is 31.0 Å². The maximum absolute atomic E-state index is 13.5. The van der Waals surface area contributed by atoms with E-state index in [1.54, 1.807) is 0 Å². The van der Waals surface area contributed by atoms with E-state index in [1.807, 2.05) is 13.8 Å². The number of Topliss-reactive ketones (excluding diaryl/α,β-unsaturated/α-hetero) is 2. The molecule has 1 spiro atoms. The first-order chi connectivity index (χ1) is 18.1. The molecular weight excluding hydrogens is 521 g/mol. The highest BCUT2D eigenvalue weighted by atomic mass is 19.4. The second-order valence-corrected chi connectivity index (χ2v) is 12.1. The van der Waals surface area contributed by atoms with Crippen LogP contribution in [-0.2, 0) is 28.7 Å². The Labute approximate surface area is 224 Å². The molecule has 0 aromatic carbocycles. The fraction of sp³-hybridized carbons (Fsp3) is 0.731. The standard InChI is InChI=1S/C26H35F3N4O6/c1-24(2)5-3-18(34)15(10-24)20(30)23(38)33-13-25(6-7-25)11-17(33)22(37)32-16(9-14-4-8-31-21(14)36)19(35)12-39-26(27,28)29/h14,16-17H,3-13,30H2,1-2H3,(H,31,36)(H,32,37)/t14-,16-,17-/m0/s1. The van der Waals surface area contributed by atoms with Gasteiger partial charge in [0.05, 0.1) is 6.04 Å². The van der Waals surface area contributed by atoms with Gasteiger partial charge in [0.15, 0.2) is 11.6 Å². The number of nitrogens with zero attached hydrogens (tertiary/aromatic N) is 1. The first kappa shape index (κ1) is 29.0. The van der Waals surface area contributed by atoms with Gasteiger partial charge < -0.3 is 21.3 Å². The number of likely N-dealkylation sites (tertiary alicyclic amines) is 1. The summed E-state index contributed by atoms with van der Waals surface area (Å²) >= 11 is 0. The van der Waals surface area contributed by atoms with Crippen LogP contribution in [0.4, 0.5) is 13.2 Å². The molecule has 39 heavy (non-hydrogen) atoms. The molecule has 0 radical (unpaired) electrons. The van der Waals surface area contributed by atoms with Gasteiger partial charge in [0.1, 0.15) is 18.3 Å². The lowest BCUT2D eigenvalue weighted by Gasteiger charge is -2.32. The molecule has 0 aromatic heterocycles. The van der Waals surface area contributed by atoms with Crippen LogP contribution in [0.5, 0.6) is 0 Å². The van der Waals surface area contributed by atoms with Crippen LogP contribution in [0.1, 0.15) is 65.2 Å². The van der Waals surface area contributed by atoms with Crippen molar-refractivity contribution >= 4 is 29.3 Å². The van der Waals surface area contributed by atoms with Crippen molar-refractivity contribution < 1.29 is 41.9 Å². The Balaban J connectivity index is 1.53. The van der Waals surface area contributed by atoms with Gasteiger partial charge >= 0.3 is 6.36 Å². The number of carbonyl (C=O) groups excluding carboxylic acids is 5. The summed E-state index contributed by atoms with van der Waals surface area (Å²) in [4.78, 5) is 65.7. The van der Waals surface area contributed by atoms with Crippen LogP contribution in [0, 0.1) is 16.7 Å². The number of carbonyl (C=O) groups is 5. The van der Waals surface area contributed by atoms with Gasteiger partial charge in [-0.3, -0.25) is 28.7 Å². The van der Waals surface area contributed by atoms with Crippen LogP contribution >= 0.6 is 0 Å². The number of nitrogens with two attached hydrogens (primary N) is 1. The largest absolute Gasteiger partial charge is 0.522 e. The normalized spacial score (nSPS) is 27.8.